The topological polar surface area (TPSA) is 76.3 Å². The first-order valence-corrected chi connectivity index (χ1v) is 8.97. The Bertz CT molecular complexity index is 839. The number of aromatic nitrogens is 1. The zero-order valence-electron chi connectivity index (χ0n) is 13.0. The molecule has 2 aromatic rings. The van der Waals surface area contributed by atoms with Crippen molar-refractivity contribution in [2.24, 2.45) is 5.73 Å². The third-order valence-corrected chi connectivity index (χ3v) is 6.04. The normalized spacial score (nSPS) is 22.2. The molecule has 25 heavy (non-hydrogen) atoms. The highest BCUT2D eigenvalue weighted by Crippen LogP contribution is 2.31. The predicted molar refractivity (Wildman–Crippen MR) is 85.2 cm³/mol. The SMILES string of the molecule is N[C@@H]1CN(S(=O)(=O)c2ccc(C(F)(F)F)nc2)C[C@H]1c1ccccc1. The highest BCUT2D eigenvalue weighted by atomic mass is 32.2. The van der Waals surface area contributed by atoms with Gasteiger partial charge in [-0.1, -0.05) is 30.3 Å². The van der Waals surface area contributed by atoms with E-state index in [1.54, 1.807) is 0 Å². The van der Waals surface area contributed by atoms with Crippen molar-refractivity contribution in [3.63, 3.8) is 0 Å². The fraction of sp³-hybridized carbons (Fsp3) is 0.312. The van der Waals surface area contributed by atoms with Crippen LogP contribution >= 0.6 is 0 Å². The highest BCUT2D eigenvalue weighted by Gasteiger charge is 2.39. The van der Waals surface area contributed by atoms with E-state index in [0.29, 0.717) is 6.07 Å². The molecule has 2 atom stereocenters. The van der Waals surface area contributed by atoms with E-state index < -0.39 is 21.9 Å². The summed E-state index contributed by atoms with van der Waals surface area (Å²) < 4.78 is 64.2. The van der Waals surface area contributed by atoms with Gasteiger partial charge in [-0.05, 0) is 17.7 Å². The quantitative estimate of drug-likeness (QED) is 0.898. The number of hydrogen-bond acceptors (Lipinski definition) is 4. The largest absolute Gasteiger partial charge is 0.433 e. The lowest BCUT2D eigenvalue weighted by atomic mass is 9.95. The molecule has 1 aliphatic heterocycles. The second kappa shape index (κ2) is 6.40. The van der Waals surface area contributed by atoms with Crippen molar-refractivity contribution in [3.8, 4) is 0 Å². The smallest absolute Gasteiger partial charge is 0.326 e. The number of nitrogens with zero attached hydrogens (tertiary/aromatic N) is 2. The van der Waals surface area contributed by atoms with Crippen molar-refractivity contribution >= 4 is 10.0 Å². The Morgan fingerprint density at radius 2 is 1.76 bits per heavy atom. The molecule has 3 rings (SSSR count). The van der Waals surface area contributed by atoms with Gasteiger partial charge in [-0.2, -0.15) is 17.5 Å². The fourth-order valence-corrected chi connectivity index (χ4v) is 4.34. The number of alkyl halides is 3. The number of benzene rings is 1. The second-order valence-electron chi connectivity index (χ2n) is 5.88. The maximum Gasteiger partial charge on any atom is 0.433 e. The molecule has 1 saturated heterocycles. The van der Waals surface area contributed by atoms with Crippen molar-refractivity contribution in [1.82, 2.24) is 9.29 Å². The molecule has 1 aliphatic rings. The minimum atomic E-state index is -4.61. The van der Waals surface area contributed by atoms with Crippen molar-refractivity contribution in [3.05, 3.63) is 59.9 Å². The van der Waals surface area contributed by atoms with Gasteiger partial charge in [0.1, 0.15) is 10.6 Å². The lowest BCUT2D eigenvalue weighted by Crippen LogP contribution is -2.32. The summed E-state index contributed by atoms with van der Waals surface area (Å²) in [6.07, 6.45) is -3.88. The Morgan fingerprint density at radius 3 is 2.32 bits per heavy atom. The number of pyridine rings is 1. The summed E-state index contributed by atoms with van der Waals surface area (Å²) in [5.41, 5.74) is 5.88. The van der Waals surface area contributed by atoms with E-state index in [1.165, 1.54) is 4.31 Å². The van der Waals surface area contributed by atoms with E-state index in [1.807, 2.05) is 30.3 Å². The highest BCUT2D eigenvalue weighted by molar-refractivity contribution is 7.89. The van der Waals surface area contributed by atoms with Crippen LogP contribution in [0.3, 0.4) is 0 Å². The van der Waals surface area contributed by atoms with Gasteiger partial charge >= 0.3 is 6.18 Å². The Labute approximate surface area is 143 Å². The lowest BCUT2D eigenvalue weighted by molar-refractivity contribution is -0.141. The molecule has 0 aliphatic carbocycles. The average Bonchev–Trinajstić information content (AvgIpc) is 2.98. The van der Waals surface area contributed by atoms with Gasteiger partial charge in [0.2, 0.25) is 10.0 Å². The summed E-state index contributed by atoms with van der Waals surface area (Å²) in [7, 11) is -3.95. The fourth-order valence-electron chi connectivity index (χ4n) is 2.89. The summed E-state index contributed by atoms with van der Waals surface area (Å²) in [6, 6.07) is 10.5. The zero-order valence-corrected chi connectivity index (χ0v) is 13.8. The number of halogens is 3. The van der Waals surface area contributed by atoms with Gasteiger partial charge in [0.05, 0.1) is 0 Å². The molecule has 0 amide bonds. The summed E-state index contributed by atoms with van der Waals surface area (Å²) in [5, 5.41) is 0. The van der Waals surface area contributed by atoms with Gasteiger partial charge in [-0.25, -0.2) is 8.42 Å². The molecule has 2 heterocycles. The molecule has 1 aromatic heterocycles. The van der Waals surface area contributed by atoms with E-state index in [9.17, 15) is 21.6 Å². The first-order chi connectivity index (χ1) is 11.7. The van der Waals surface area contributed by atoms with Crippen LogP contribution in [0.25, 0.3) is 0 Å². The molecule has 2 N–H and O–H groups in total. The summed E-state index contributed by atoms with van der Waals surface area (Å²) in [4.78, 5) is 2.95. The van der Waals surface area contributed by atoms with Gasteiger partial charge in [-0.3, -0.25) is 4.98 Å². The number of sulfonamides is 1. The molecule has 1 fully saturated rings. The zero-order chi connectivity index (χ0) is 18.2. The Kier molecular flexibility index (Phi) is 4.56. The molecule has 1 aromatic carbocycles. The van der Waals surface area contributed by atoms with Crippen LogP contribution in [-0.4, -0.2) is 36.8 Å². The van der Waals surface area contributed by atoms with Gasteiger partial charge in [-0.15, -0.1) is 0 Å². The van der Waals surface area contributed by atoms with Gasteiger partial charge in [0.15, 0.2) is 0 Å². The van der Waals surface area contributed by atoms with Crippen LogP contribution in [0.4, 0.5) is 13.2 Å². The lowest BCUT2D eigenvalue weighted by Gasteiger charge is -2.17. The molecule has 0 unspecified atom stereocenters. The van der Waals surface area contributed by atoms with E-state index in [0.717, 1.165) is 17.8 Å². The van der Waals surface area contributed by atoms with Gasteiger partial charge < -0.3 is 5.73 Å². The number of nitrogens with two attached hydrogens (primary N) is 1. The molecule has 134 valence electrons. The van der Waals surface area contributed by atoms with E-state index in [2.05, 4.69) is 4.98 Å². The maximum absolute atomic E-state index is 12.7. The molecule has 0 bridgehead atoms. The number of rotatable bonds is 3. The molecule has 0 saturated carbocycles. The van der Waals surface area contributed by atoms with Crippen LogP contribution in [0.15, 0.2) is 53.6 Å². The molecule has 0 spiro atoms. The van der Waals surface area contributed by atoms with Crippen molar-refractivity contribution in [2.75, 3.05) is 13.1 Å². The van der Waals surface area contributed by atoms with Crippen LogP contribution in [0.5, 0.6) is 0 Å². The summed E-state index contributed by atoms with van der Waals surface area (Å²) in [5.74, 6) is -0.168. The Hall–Kier alpha value is -1.97. The monoisotopic (exact) mass is 371 g/mol. The predicted octanol–water partition coefficient (Wildman–Crippen LogP) is 2.22. The summed E-state index contributed by atoms with van der Waals surface area (Å²) in [6.45, 7) is 0.275. The Morgan fingerprint density at radius 1 is 1.08 bits per heavy atom. The molecular weight excluding hydrogens is 355 g/mol. The van der Waals surface area contributed by atoms with E-state index >= 15 is 0 Å². The molecule has 0 radical (unpaired) electrons. The summed E-state index contributed by atoms with van der Waals surface area (Å²) >= 11 is 0. The average molecular weight is 371 g/mol. The standard InChI is InChI=1S/C16H16F3N3O2S/c17-16(18,19)15-7-6-12(8-21-15)25(23,24)22-9-13(14(20)10-22)11-4-2-1-3-5-11/h1-8,13-14H,9-10,20H2/t13-,14+/m0/s1. The van der Waals surface area contributed by atoms with Crippen LogP contribution < -0.4 is 5.73 Å². The van der Waals surface area contributed by atoms with E-state index in [4.69, 9.17) is 5.73 Å². The van der Waals surface area contributed by atoms with Crippen molar-refractivity contribution < 1.29 is 21.6 Å². The third-order valence-electron chi connectivity index (χ3n) is 4.22. The maximum atomic E-state index is 12.7. The molecule has 9 heteroatoms. The van der Waals surface area contributed by atoms with Crippen molar-refractivity contribution in [2.45, 2.75) is 23.0 Å². The minimum absolute atomic E-state index is 0.100. The first kappa shape index (κ1) is 17.8. The van der Waals surface area contributed by atoms with Gasteiger partial charge in [0.25, 0.3) is 0 Å². The van der Waals surface area contributed by atoms with Crippen LogP contribution in [-0.2, 0) is 16.2 Å². The van der Waals surface area contributed by atoms with Gasteiger partial charge in [0, 0.05) is 31.2 Å². The van der Waals surface area contributed by atoms with Crippen LogP contribution in [0.1, 0.15) is 17.2 Å². The number of hydrogen-bond donors (Lipinski definition) is 1. The first-order valence-electron chi connectivity index (χ1n) is 7.53. The second-order valence-corrected chi connectivity index (χ2v) is 7.82. The van der Waals surface area contributed by atoms with Crippen molar-refractivity contribution in [1.29, 1.82) is 0 Å². The Balaban J connectivity index is 1.84. The minimum Gasteiger partial charge on any atom is -0.326 e. The van der Waals surface area contributed by atoms with Crippen LogP contribution in [0.2, 0.25) is 0 Å². The third kappa shape index (κ3) is 3.53. The van der Waals surface area contributed by atoms with Crippen LogP contribution in [0, 0.1) is 0 Å². The molecular formula is C16H16F3N3O2S. The molecule has 5 nitrogen and oxygen atoms in total. The van der Waals surface area contributed by atoms with E-state index in [-0.39, 0.29) is 29.9 Å².